The Bertz CT molecular complexity index is 530. The highest BCUT2D eigenvalue weighted by atomic mass is 16.1. The lowest BCUT2D eigenvalue weighted by molar-refractivity contribution is 0.112. The second-order valence-corrected chi connectivity index (χ2v) is 6.77. The van der Waals surface area contributed by atoms with Gasteiger partial charge in [-0.3, -0.25) is 4.79 Å². The summed E-state index contributed by atoms with van der Waals surface area (Å²) in [5, 5.41) is 3.45. The van der Waals surface area contributed by atoms with Crippen LogP contribution in [0.5, 0.6) is 0 Å². The van der Waals surface area contributed by atoms with Gasteiger partial charge in [-0.05, 0) is 81.1 Å². The van der Waals surface area contributed by atoms with Crippen molar-refractivity contribution >= 4 is 12.0 Å². The fourth-order valence-electron chi connectivity index (χ4n) is 3.27. The first-order chi connectivity index (χ1) is 11.1. The molecule has 3 heteroatoms. The van der Waals surface area contributed by atoms with Crippen LogP contribution in [0.25, 0.3) is 5.70 Å². The van der Waals surface area contributed by atoms with Crippen molar-refractivity contribution in [2.24, 2.45) is 5.92 Å². The van der Waals surface area contributed by atoms with Crippen LogP contribution in [-0.2, 0) is 6.42 Å². The first-order valence-electron chi connectivity index (χ1n) is 8.83. The molecule has 1 N–H and O–H groups in total. The third-order valence-corrected chi connectivity index (χ3v) is 4.77. The molecule has 0 spiro atoms. The van der Waals surface area contributed by atoms with E-state index in [-0.39, 0.29) is 0 Å². The summed E-state index contributed by atoms with van der Waals surface area (Å²) >= 11 is 0. The fraction of sp³-hybridized carbons (Fsp3) is 0.550. The number of hydrogen-bond acceptors (Lipinski definition) is 3. The molecule has 0 unspecified atom stereocenters. The summed E-state index contributed by atoms with van der Waals surface area (Å²) in [4.78, 5) is 13.5. The molecule has 0 amide bonds. The smallest absolute Gasteiger partial charge is 0.150 e. The van der Waals surface area contributed by atoms with Crippen LogP contribution in [0.2, 0.25) is 0 Å². The SMILES string of the molecule is C=C(NCCC1CCN(C)CC1)c1cc(C=O)cc(CCC)c1. The van der Waals surface area contributed by atoms with Gasteiger partial charge < -0.3 is 10.2 Å². The number of likely N-dealkylation sites (tertiary alicyclic amines) is 1. The van der Waals surface area contributed by atoms with Gasteiger partial charge in [-0.1, -0.05) is 19.9 Å². The van der Waals surface area contributed by atoms with Crippen LogP contribution in [0.15, 0.2) is 24.8 Å². The number of carbonyl (C=O) groups is 1. The molecule has 126 valence electrons. The number of nitrogens with one attached hydrogen (secondary N) is 1. The third-order valence-electron chi connectivity index (χ3n) is 4.77. The topological polar surface area (TPSA) is 32.3 Å². The van der Waals surface area contributed by atoms with Gasteiger partial charge >= 0.3 is 0 Å². The minimum absolute atomic E-state index is 0.740. The van der Waals surface area contributed by atoms with E-state index in [9.17, 15) is 4.79 Å². The molecule has 1 aliphatic rings. The number of rotatable bonds is 8. The fourth-order valence-corrected chi connectivity index (χ4v) is 3.27. The second kappa shape index (κ2) is 8.88. The van der Waals surface area contributed by atoms with Crippen LogP contribution in [0.3, 0.4) is 0 Å². The normalized spacial score (nSPS) is 16.3. The van der Waals surface area contributed by atoms with Crippen molar-refractivity contribution in [3.8, 4) is 0 Å². The molecule has 2 rings (SSSR count). The van der Waals surface area contributed by atoms with E-state index in [2.05, 4.69) is 36.8 Å². The lowest BCUT2D eigenvalue weighted by Crippen LogP contribution is -2.31. The van der Waals surface area contributed by atoms with Crippen molar-refractivity contribution in [1.82, 2.24) is 10.2 Å². The summed E-state index contributed by atoms with van der Waals surface area (Å²) in [7, 11) is 2.20. The molecule has 1 fully saturated rings. The van der Waals surface area contributed by atoms with Crippen LogP contribution in [0.1, 0.15) is 54.1 Å². The first kappa shape index (κ1) is 17.7. The van der Waals surface area contributed by atoms with Crippen molar-refractivity contribution < 1.29 is 4.79 Å². The maximum absolute atomic E-state index is 11.1. The molecule has 0 aliphatic carbocycles. The summed E-state index contributed by atoms with van der Waals surface area (Å²) in [5.41, 5.74) is 3.93. The molecular formula is C20H30N2O. The zero-order valence-corrected chi connectivity index (χ0v) is 14.6. The summed E-state index contributed by atoms with van der Waals surface area (Å²) in [5.74, 6) is 0.823. The molecule has 1 aromatic carbocycles. The molecule has 23 heavy (non-hydrogen) atoms. The van der Waals surface area contributed by atoms with Gasteiger partial charge in [0, 0.05) is 17.8 Å². The Balaban J connectivity index is 1.87. The Morgan fingerprint density at radius 1 is 1.35 bits per heavy atom. The zero-order chi connectivity index (χ0) is 16.7. The molecule has 0 saturated carbocycles. The van der Waals surface area contributed by atoms with E-state index < -0.39 is 0 Å². The highest BCUT2D eigenvalue weighted by Gasteiger charge is 2.16. The molecule has 0 radical (unpaired) electrons. The summed E-state index contributed by atoms with van der Waals surface area (Å²) in [6.07, 6.45) is 6.80. The lowest BCUT2D eigenvalue weighted by Gasteiger charge is -2.29. The molecule has 3 nitrogen and oxygen atoms in total. The zero-order valence-electron chi connectivity index (χ0n) is 14.6. The minimum atomic E-state index is 0.740. The predicted molar refractivity (Wildman–Crippen MR) is 97.7 cm³/mol. The minimum Gasteiger partial charge on any atom is -0.385 e. The average molecular weight is 314 g/mol. The van der Waals surface area contributed by atoms with Gasteiger partial charge in [0.1, 0.15) is 6.29 Å². The van der Waals surface area contributed by atoms with Gasteiger partial charge in [-0.2, -0.15) is 0 Å². The van der Waals surface area contributed by atoms with Gasteiger partial charge in [0.05, 0.1) is 0 Å². The Labute approximate surface area is 140 Å². The summed E-state index contributed by atoms with van der Waals surface area (Å²) in [6.45, 7) is 9.71. The molecule has 1 aliphatic heterocycles. The van der Waals surface area contributed by atoms with Crippen LogP contribution in [-0.4, -0.2) is 37.9 Å². The predicted octanol–water partition coefficient (Wildman–Crippen LogP) is 3.74. The molecular weight excluding hydrogens is 284 g/mol. The molecule has 0 atom stereocenters. The van der Waals surface area contributed by atoms with E-state index in [0.29, 0.717) is 0 Å². The molecule has 1 saturated heterocycles. The summed E-state index contributed by atoms with van der Waals surface area (Å²) < 4.78 is 0. The Morgan fingerprint density at radius 3 is 2.74 bits per heavy atom. The lowest BCUT2D eigenvalue weighted by atomic mass is 9.94. The van der Waals surface area contributed by atoms with Gasteiger partial charge in [-0.25, -0.2) is 0 Å². The number of aryl methyl sites for hydroxylation is 1. The van der Waals surface area contributed by atoms with Gasteiger partial charge in [0.25, 0.3) is 0 Å². The van der Waals surface area contributed by atoms with Gasteiger partial charge in [0.2, 0.25) is 0 Å². The van der Waals surface area contributed by atoms with E-state index in [0.717, 1.165) is 48.4 Å². The standard InChI is InChI=1S/C20H30N2O/c1-4-5-18-12-19(15-23)14-20(13-18)16(2)21-9-6-17-7-10-22(3)11-8-17/h12-15,17,21H,2,4-11H2,1,3H3. The quantitative estimate of drug-likeness (QED) is 0.742. The van der Waals surface area contributed by atoms with Gasteiger partial charge in [-0.15, -0.1) is 0 Å². The van der Waals surface area contributed by atoms with Crippen molar-refractivity contribution in [2.75, 3.05) is 26.7 Å². The van der Waals surface area contributed by atoms with Crippen molar-refractivity contribution in [2.45, 2.75) is 39.0 Å². The summed E-state index contributed by atoms with van der Waals surface area (Å²) in [6, 6.07) is 6.06. The van der Waals surface area contributed by atoms with E-state index >= 15 is 0 Å². The molecule has 0 aromatic heterocycles. The maximum Gasteiger partial charge on any atom is 0.150 e. The number of aldehydes is 1. The number of nitrogens with zero attached hydrogens (tertiary/aromatic N) is 1. The number of carbonyl (C=O) groups excluding carboxylic acids is 1. The molecule has 0 bridgehead atoms. The average Bonchev–Trinajstić information content (AvgIpc) is 2.56. The Kier molecular flexibility index (Phi) is 6.85. The van der Waals surface area contributed by atoms with E-state index in [1.54, 1.807) is 0 Å². The van der Waals surface area contributed by atoms with Crippen LogP contribution < -0.4 is 5.32 Å². The highest BCUT2D eigenvalue weighted by Crippen LogP contribution is 2.20. The Morgan fingerprint density at radius 2 is 2.09 bits per heavy atom. The first-order valence-corrected chi connectivity index (χ1v) is 8.83. The second-order valence-electron chi connectivity index (χ2n) is 6.77. The highest BCUT2D eigenvalue weighted by molar-refractivity contribution is 5.78. The van der Waals surface area contributed by atoms with Crippen LogP contribution >= 0.6 is 0 Å². The van der Waals surface area contributed by atoms with Crippen molar-refractivity contribution in [1.29, 1.82) is 0 Å². The number of hydrogen-bond donors (Lipinski definition) is 1. The Hall–Kier alpha value is -1.61. The van der Waals surface area contributed by atoms with E-state index in [1.165, 1.54) is 37.9 Å². The van der Waals surface area contributed by atoms with E-state index in [1.807, 2.05) is 12.1 Å². The van der Waals surface area contributed by atoms with Crippen molar-refractivity contribution in [3.63, 3.8) is 0 Å². The largest absolute Gasteiger partial charge is 0.385 e. The maximum atomic E-state index is 11.1. The molecule has 1 heterocycles. The van der Waals surface area contributed by atoms with E-state index in [4.69, 9.17) is 0 Å². The number of piperidine rings is 1. The number of benzene rings is 1. The van der Waals surface area contributed by atoms with Crippen LogP contribution in [0.4, 0.5) is 0 Å². The van der Waals surface area contributed by atoms with Crippen LogP contribution in [0, 0.1) is 5.92 Å². The monoisotopic (exact) mass is 314 g/mol. The molecule has 1 aromatic rings. The van der Waals surface area contributed by atoms with Gasteiger partial charge in [0.15, 0.2) is 0 Å². The third kappa shape index (κ3) is 5.51. The van der Waals surface area contributed by atoms with Crippen molar-refractivity contribution in [3.05, 3.63) is 41.5 Å².